The van der Waals surface area contributed by atoms with E-state index in [1.165, 1.54) is 0 Å². The van der Waals surface area contributed by atoms with E-state index in [9.17, 15) is 0 Å². The summed E-state index contributed by atoms with van der Waals surface area (Å²) in [6.07, 6.45) is 0. The average molecular weight is 350 g/mol. The molecular formula is C15H16BrN3O2. The summed E-state index contributed by atoms with van der Waals surface area (Å²) in [5.41, 5.74) is 1.79. The van der Waals surface area contributed by atoms with Gasteiger partial charge in [0.2, 0.25) is 5.88 Å². The Bertz CT molecular complexity index is 798. The van der Waals surface area contributed by atoms with Crippen molar-refractivity contribution in [2.45, 2.75) is 11.8 Å². The van der Waals surface area contributed by atoms with Crippen LogP contribution in [0.1, 0.15) is 17.4 Å². The summed E-state index contributed by atoms with van der Waals surface area (Å²) in [5, 5.41) is 7.69. The van der Waals surface area contributed by atoms with E-state index in [2.05, 4.69) is 39.0 Å². The fourth-order valence-electron chi connectivity index (χ4n) is 2.47. The molecule has 0 spiro atoms. The molecule has 0 aliphatic rings. The highest BCUT2D eigenvalue weighted by Crippen LogP contribution is 2.36. The third-order valence-electron chi connectivity index (χ3n) is 3.37. The molecule has 0 saturated carbocycles. The van der Waals surface area contributed by atoms with Crippen LogP contribution >= 0.6 is 15.9 Å². The zero-order valence-electron chi connectivity index (χ0n) is 12.1. The number of hydrogen-bond donors (Lipinski definition) is 0. The van der Waals surface area contributed by atoms with Gasteiger partial charge in [-0.3, -0.25) is 4.68 Å². The minimum absolute atomic E-state index is 0.150. The highest BCUT2D eigenvalue weighted by atomic mass is 79.9. The number of ether oxygens (including phenoxy) is 2. The number of rotatable bonds is 4. The second kappa shape index (κ2) is 5.61. The van der Waals surface area contributed by atoms with Gasteiger partial charge >= 0.3 is 0 Å². The van der Waals surface area contributed by atoms with Crippen molar-refractivity contribution in [3.05, 3.63) is 30.0 Å². The summed E-state index contributed by atoms with van der Waals surface area (Å²) in [6, 6.07) is 8.06. The van der Waals surface area contributed by atoms with Gasteiger partial charge in [0, 0.05) is 24.9 Å². The first-order valence-electron chi connectivity index (χ1n) is 6.64. The van der Waals surface area contributed by atoms with Gasteiger partial charge in [-0.1, -0.05) is 34.1 Å². The molecule has 6 heteroatoms. The molecule has 2 aromatic heterocycles. The molecule has 2 heterocycles. The minimum atomic E-state index is 0.150. The average Bonchev–Trinajstić information content (AvgIpc) is 2.82. The van der Waals surface area contributed by atoms with E-state index in [0.717, 1.165) is 27.5 Å². The van der Waals surface area contributed by atoms with Gasteiger partial charge in [0.1, 0.15) is 0 Å². The first kappa shape index (κ1) is 14.3. The van der Waals surface area contributed by atoms with Gasteiger partial charge in [0.05, 0.1) is 15.9 Å². The maximum absolute atomic E-state index is 5.62. The maximum Gasteiger partial charge on any atom is 0.225 e. The van der Waals surface area contributed by atoms with Gasteiger partial charge in [-0.15, -0.1) is 0 Å². The second-order valence-corrected chi connectivity index (χ2v) is 6.21. The SMILES string of the molecule is COCOc1nc2c(c(C(C)Br)nn2C)c2ccccc12. The fourth-order valence-corrected chi connectivity index (χ4v) is 2.79. The number of fused-ring (bicyclic) bond motifs is 3. The Kier molecular flexibility index (Phi) is 3.82. The van der Waals surface area contributed by atoms with Crippen LogP contribution in [-0.2, 0) is 11.8 Å². The van der Waals surface area contributed by atoms with E-state index >= 15 is 0 Å². The summed E-state index contributed by atoms with van der Waals surface area (Å²) < 4.78 is 12.4. The standard InChI is InChI=1S/C15H16BrN3O2/c1-9(16)13-12-10-6-4-5-7-11(10)15(21-8-20-3)17-14(12)19(2)18-13/h4-7,9H,8H2,1-3H3. The summed E-state index contributed by atoms with van der Waals surface area (Å²) in [6.45, 7) is 2.23. The lowest BCUT2D eigenvalue weighted by Gasteiger charge is -2.09. The molecule has 3 rings (SSSR count). The predicted octanol–water partition coefficient (Wildman–Crippen LogP) is 3.56. The fraction of sp³-hybridized carbons (Fsp3) is 0.333. The lowest BCUT2D eigenvalue weighted by atomic mass is 10.1. The Morgan fingerprint density at radius 3 is 2.67 bits per heavy atom. The Morgan fingerprint density at radius 2 is 2.00 bits per heavy atom. The summed E-state index contributed by atoms with van der Waals surface area (Å²) in [4.78, 5) is 4.77. The summed E-state index contributed by atoms with van der Waals surface area (Å²) in [5.74, 6) is 0.566. The number of nitrogens with zero attached hydrogens (tertiary/aromatic N) is 3. The smallest absolute Gasteiger partial charge is 0.225 e. The van der Waals surface area contributed by atoms with E-state index in [1.807, 2.05) is 25.2 Å². The molecule has 1 atom stereocenters. The Hall–Kier alpha value is -1.66. The highest BCUT2D eigenvalue weighted by Gasteiger charge is 2.19. The molecule has 0 aliphatic heterocycles. The van der Waals surface area contributed by atoms with Crippen molar-refractivity contribution in [1.29, 1.82) is 0 Å². The van der Waals surface area contributed by atoms with Crippen LogP contribution in [-0.4, -0.2) is 28.7 Å². The molecule has 3 aromatic rings. The van der Waals surface area contributed by atoms with E-state index < -0.39 is 0 Å². The Labute approximate surface area is 131 Å². The lowest BCUT2D eigenvalue weighted by Crippen LogP contribution is -2.02. The Morgan fingerprint density at radius 1 is 1.29 bits per heavy atom. The third-order valence-corrected chi connectivity index (χ3v) is 3.80. The molecule has 110 valence electrons. The zero-order valence-corrected chi connectivity index (χ0v) is 13.7. The molecule has 0 bridgehead atoms. The van der Waals surface area contributed by atoms with Crippen LogP contribution in [0.3, 0.4) is 0 Å². The molecule has 0 N–H and O–H groups in total. The van der Waals surface area contributed by atoms with Crippen LogP contribution in [0.5, 0.6) is 5.88 Å². The number of hydrogen-bond acceptors (Lipinski definition) is 4. The van der Waals surface area contributed by atoms with Gasteiger partial charge in [0.25, 0.3) is 0 Å². The van der Waals surface area contributed by atoms with Crippen LogP contribution in [0.2, 0.25) is 0 Å². The number of methoxy groups -OCH3 is 1. The molecule has 1 aromatic carbocycles. The van der Waals surface area contributed by atoms with Gasteiger partial charge in [-0.25, -0.2) is 0 Å². The molecule has 0 amide bonds. The molecule has 0 aliphatic carbocycles. The second-order valence-electron chi connectivity index (χ2n) is 4.84. The van der Waals surface area contributed by atoms with Crippen molar-refractivity contribution >= 4 is 37.7 Å². The first-order chi connectivity index (χ1) is 10.1. The molecule has 5 nitrogen and oxygen atoms in total. The quantitative estimate of drug-likeness (QED) is 0.533. The van der Waals surface area contributed by atoms with Crippen LogP contribution in [0.15, 0.2) is 24.3 Å². The topological polar surface area (TPSA) is 49.2 Å². The highest BCUT2D eigenvalue weighted by molar-refractivity contribution is 9.09. The van der Waals surface area contributed by atoms with Crippen molar-refractivity contribution in [1.82, 2.24) is 14.8 Å². The van der Waals surface area contributed by atoms with Crippen LogP contribution in [0.4, 0.5) is 0 Å². The van der Waals surface area contributed by atoms with Crippen molar-refractivity contribution in [3.8, 4) is 5.88 Å². The third kappa shape index (κ3) is 2.38. The monoisotopic (exact) mass is 349 g/mol. The maximum atomic E-state index is 5.62. The van der Waals surface area contributed by atoms with E-state index in [-0.39, 0.29) is 11.6 Å². The van der Waals surface area contributed by atoms with E-state index in [0.29, 0.717) is 5.88 Å². The normalized spacial score (nSPS) is 13.0. The number of aromatic nitrogens is 3. The van der Waals surface area contributed by atoms with Crippen molar-refractivity contribution in [2.24, 2.45) is 7.05 Å². The Balaban J connectivity index is 2.38. The first-order valence-corrected chi connectivity index (χ1v) is 7.56. The minimum Gasteiger partial charge on any atom is -0.450 e. The number of aryl methyl sites for hydroxylation is 1. The largest absolute Gasteiger partial charge is 0.450 e. The number of alkyl halides is 1. The molecule has 0 fully saturated rings. The van der Waals surface area contributed by atoms with Gasteiger partial charge in [0.15, 0.2) is 12.4 Å². The number of benzene rings is 1. The lowest BCUT2D eigenvalue weighted by molar-refractivity contribution is 0.0492. The van der Waals surface area contributed by atoms with Crippen molar-refractivity contribution in [3.63, 3.8) is 0 Å². The van der Waals surface area contributed by atoms with E-state index in [4.69, 9.17) is 9.47 Å². The van der Waals surface area contributed by atoms with E-state index in [1.54, 1.807) is 11.8 Å². The number of pyridine rings is 1. The summed E-state index contributed by atoms with van der Waals surface area (Å²) >= 11 is 3.61. The van der Waals surface area contributed by atoms with Gasteiger partial charge < -0.3 is 9.47 Å². The molecular weight excluding hydrogens is 334 g/mol. The zero-order chi connectivity index (χ0) is 15.0. The number of halogens is 1. The van der Waals surface area contributed by atoms with Crippen molar-refractivity contribution in [2.75, 3.05) is 13.9 Å². The molecule has 21 heavy (non-hydrogen) atoms. The van der Waals surface area contributed by atoms with Crippen LogP contribution < -0.4 is 4.74 Å². The van der Waals surface area contributed by atoms with Crippen LogP contribution in [0.25, 0.3) is 21.8 Å². The van der Waals surface area contributed by atoms with Gasteiger partial charge in [-0.05, 0) is 13.0 Å². The predicted molar refractivity (Wildman–Crippen MR) is 85.9 cm³/mol. The molecule has 0 saturated heterocycles. The van der Waals surface area contributed by atoms with Gasteiger partial charge in [-0.2, -0.15) is 10.1 Å². The van der Waals surface area contributed by atoms with Crippen LogP contribution in [0, 0.1) is 0 Å². The molecule has 0 radical (unpaired) electrons. The van der Waals surface area contributed by atoms with Crippen molar-refractivity contribution < 1.29 is 9.47 Å². The molecule has 1 unspecified atom stereocenters. The summed E-state index contributed by atoms with van der Waals surface area (Å²) in [7, 11) is 3.48.